The Bertz CT molecular complexity index is 1460. The van der Waals surface area contributed by atoms with Gasteiger partial charge in [-0.05, 0) is 43.5 Å². The predicted octanol–water partition coefficient (Wildman–Crippen LogP) is 3.48. The van der Waals surface area contributed by atoms with Crippen LogP contribution in [0.4, 0.5) is 17.1 Å². The summed E-state index contributed by atoms with van der Waals surface area (Å²) in [5, 5.41) is 11.1. The van der Waals surface area contributed by atoms with E-state index >= 15 is 0 Å². The maximum atomic E-state index is 12.6. The number of ether oxygens (including phenoxy) is 1. The summed E-state index contributed by atoms with van der Waals surface area (Å²) < 4.78 is 7.28. The van der Waals surface area contributed by atoms with Crippen LogP contribution < -0.4 is 20.1 Å². The van der Waals surface area contributed by atoms with Crippen molar-refractivity contribution >= 4 is 33.9 Å². The van der Waals surface area contributed by atoms with Crippen molar-refractivity contribution in [3.8, 4) is 11.8 Å². The first-order chi connectivity index (χ1) is 17.3. The molecule has 0 bridgehead atoms. The molecule has 0 spiro atoms. The molecule has 1 amide bonds. The summed E-state index contributed by atoms with van der Waals surface area (Å²) in [7, 11) is 3.42. The van der Waals surface area contributed by atoms with Gasteiger partial charge in [0, 0.05) is 75.5 Å². The molecule has 186 valence electrons. The molecule has 2 aliphatic heterocycles. The van der Waals surface area contributed by atoms with E-state index in [2.05, 4.69) is 21.9 Å². The number of pyridine rings is 1. The molecule has 0 saturated carbocycles. The molecule has 0 unspecified atom stereocenters. The molecule has 0 radical (unpaired) electrons. The summed E-state index contributed by atoms with van der Waals surface area (Å²) in [6, 6.07) is 12.4. The number of anilines is 3. The lowest BCUT2D eigenvalue weighted by atomic mass is 9.96. The molecule has 5 rings (SSSR count). The average Bonchev–Trinajstić information content (AvgIpc) is 2.90. The molecule has 8 nitrogen and oxygen atoms in total. The van der Waals surface area contributed by atoms with Crippen LogP contribution in [0, 0.1) is 18.3 Å². The van der Waals surface area contributed by atoms with E-state index in [1.54, 1.807) is 25.6 Å². The maximum Gasteiger partial charge on any atom is 0.253 e. The van der Waals surface area contributed by atoms with Crippen molar-refractivity contribution < 1.29 is 9.53 Å². The number of fused-ring (bicyclic) bond motifs is 2. The number of piperazine rings is 1. The zero-order valence-electron chi connectivity index (χ0n) is 21.3. The van der Waals surface area contributed by atoms with E-state index < -0.39 is 0 Å². The van der Waals surface area contributed by atoms with Gasteiger partial charge in [-0.15, -0.1) is 0 Å². The number of benzene rings is 2. The van der Waals surface area contributed by atoms with Gasteiger partial charge in [0.15, 0.2) is 0 Å². The number of nitriles is 1. The molecule has 3 heterocycles. The number of aryl methyl sites for hydroxylation is 3. The fourth-order valence-corrected chi connectivity index (χ4v) is 5.50. The zero-order valence-corrected chi connectivity index (χ0v) is 21.3. The van der Waals surface area contributed by atoms with Gasteiger partial charge in [0.2, 0.25) is 5.91 Å². The van der Waals surface area contributed by atoms with Gasteiger partial charge in [0.1, 0.15) is 11.8 Å². The molecule has 0 N–H and O–H groups in total. The predicted molar refractivity (Wildman–Crippen MR) is 141 cm³/mol. The van der Waals surface area contributed by atoms with E-state index in [1.807, 2.05) is 36.1 Å². The fraction of sp³-hybridized carbons (Fsp3) is 0.393. The summed E-state index contributed by atoms with van der Waals surface area (Å²) in [5.74, 6) is 0.776. The van der Waals surface area contributed by atoms with Gasteiger partial charge in [-0.1, -0.05) is 0 Å². The second-order valence-corrected chi connectivity index (χ2v) is 9.63. The Balaban J connectivity index is 1.62. The fourth-order valence-electron chi connectivity index (χ4n) is 5.50. The Labute approximate surface area is 210 Å². The number of carbonyl (C=O) groups is 1. The minimum atomic E-state index is -0.0259. The van der Waals surface area contributed by atoms with Crippen LogP contribution in [0.15, 0.2) is 35.1 Å². The lowest BCUT2D eigenvalue weighted by Crippen LogP contribution is -2.48. The third-order valence-electron chi connectivity index (χ3n) is 7.50. The smallest absolute Gasteiger partial charge is 0.253 e. The van der Waals surface area contributed by atoms with Crippen LogP contribution >= 0.6 is 0 Å². The number of nitrogens with zero attached hydrogens (tertiary/aromatic N) is 5. The molecule has 0 atom stereocenters. The highest BCUT2D eigenvalue weighted by Crippen LogP contribution is 2.42. The van der Waals surface area contributed by atoms with Crippen molar-refractivity contribution in [3.63, 3.8) is 0 Å². The highest BCUT2D eigenvalue weighted by molar-refractivity contribution is 5.97. The quantitative estimate of drug-likeness (QED) is 0.565. The van der Waals surface area contributed by atoms with Crippen molar-refractivity contribution in [3.05, 3.63) is 57.4 Å². The minimum Gasteiger partial charge on any atom is -0.497 e. The monoisotopic (exact) mass is 485 g/mol. The van der Waals surface area contributed by atoms with E-state index in [0.29, 0.717) is 43.1 Å². The highest BCUT2D eigenvalue weighted by atomic mass is 16.5. The van der Waals surface area contributed by atoms with Gasteiger partial charge >= 0.3 is 0 Å². The lowest BCUT2D eigenvalue weighted by Gasteiger charge is -2.38. The first-order valence-corrected chi connectivity index (χ1v) is 12.4. The number of rotatable bonds is 3. The topological polar surface area (TPSA) is 81.8 Å². The van der Waals surface area contributed by atoms with E-state index in [-0.39, 0.29) is 11.5 Å². The van der Waals surface area contributed by atoms with Crippen molar-refractivity contribution in [2.75, 3.05) is 49.6 Å². The van der Waals surface area contributed by atoms with E-state index in [0.717, 1.165) is 47.4 Å². The number of hydrogen-bond acceptors (Lipinski definition) is 6. The Morgan fingerprint density at radius 1 is 1.00 bits per heavy atom. The molecule has 2 aliphatic rings. The van der Waals surface area contributed by atoms with Crippen molar-refractivity contribution in [2.24, 2.45) is 7.05 Å². The van der Waals surface area contributed by atoms with Gasteiger partial charge in [0.25, 0.3) is 5.56 Å². The van der Waals surface area contributed by atoms with Crippen molar-refractivity contribution in [1.82, 2.24) is 9.47 Å². The Morgan fingerprint density at radius 2 is 1.75 bits per heavy atom. The normalized spacial score (nSPS) is 15.6. The van der Waals surface area contributed by atoms with Gasteiger partial charge in [-0.2, -0.15) is 5.26 Å². The largest absolute Gasteiger partial charge is 0.497 e. The van der Waals surface area contributed by atoms with Crippen LogP contribution in [0.5, 0.6) is 5.75 Å². The molecule has 3 aromatic rings. The second-order valence-electron chi connectivity index (χ2n) is 9.63. The van der Waals surface area contributed by atoms with Gasteiger partial charge < -0.3 is 24.0 Å². The second kappa shape index (κ2) is 9.23. The molecule has 36 heavy (non-hydrogen) atoms. The summed E-state index contributed by atoms with van der Waals surface area (Å²) in [6.07, 6.45) is 1.90. The molecule has 0 aliphatic carbocycles. The average molecular weight is 486 g/mol. The molecular formula is C28H31N5O3. The first-order valence-electron chi connectivity index (χ1n) is 12.4. The van der Waals surface area contributed by atoms with E-state index in [4.69, 9.17) is 4.74 Å². The molecule has 1 aromatic heterocycles. The van der Waals surface area contributed by atoms with Crippen LogP contribution in [0.25, 0.3) is 10.9 Å². The van der Waals surface area contributed by atoms with Crippen LogP contribution in [0.2, 0.25) is 0 Å². The highest BCUT2D eigenvalue weighted by Gasteiger charge is 2.26. The van der Waals surface area contributed by atoms with Crippen molar-refractivity contribution in [2.45, 2.75) is 26.7 Å². The lowest BCUT2D eigenvalue weighted by molar-refractivity contribution is -0.129. The molecular weight excluding hydrogens is 454 g/mol. The standard InChI is InChI=1S/C28H31N5O3/c1-18-12-23-26(30(3)28(18)35)15-22(36-4)16-27(23)33-7-5-6-20-13-24(21(17-29)14-25(20)33)32-10-8-31(9-11-32)19(2)34/h12-16H,5-11H2,1-4H3. The zero-order chi connectivity index (χ0) is 25.6. The Kier molecular flexibility index (Phi) is 6.09. The summed E-state index contributed by atoms with van der Waals surface area (Å²) in [4.78, 5) is 30.7. The third kappa shape index (κ3) is 3.95. The van der Waals surface area contributed by atoms with Gasteiger partial charge in [0.05, 0.1) is 29.6 Å². The number of hydrogen-bond donors (Lipinski definition) is 0. The maximum absolute atomic E-state index is 12.6. The molecule has 1 fully saturated rings. The van der Waals surface area contributed by atoms with Crippen molar-refractivity contribution in [1.29, 1.82) is 5.26 Å². The van der Waals surface area contributed by atoms with Gasteiger partial charge in [-0.3, -0.25) is 9.59 Å². The Hall–Kier alpha value is -3.99. The first kappa shape index (κ1) is 23.7. The molecule has 1 saturated heterocycles. The number of amides is 1. The minimum absolute atomic E-state index is 0.0259. The van der Waals surface area contributed by atoms with E-state index in [9.17, 15) is 14.9 Å². The Morgan fingerprint density at radius 3 is 2.42 bits per heavy atom. The molecule has 2 aromatic carbocycles. The van der Waals surface area contributed by atoms with Crippen LogP contribution in [-0.4, -0.2) is 55.2 Å². The van der Waals surface area contributed by atoms with E-state index in [1.165, 1.54) is 5.56 Å². The van der Waals surface area contributed by atoms with Crippen LogP contribution in [0.3, 0.4) is 0 Å². The molecule has 8 heteroatoms. The van der Waals surface area contributed by atoms with Crippen LogP contribution in [0.1, 0.15) is 30.0 Å². The number of methoxy groups -OCH3 is 1. The van der Waals surface area contributed by atoms with Gasteiger partial charge in [-0.25, -0.2) is 0 Å². The summed E-state index contributed by atoms with van der Waals surface area (Å²) >= 11 is 0. The van der Waals surface area contributed by atoms with Crippen LogP contribution in [-0.2, 0) is 18.3 Å². The SMILES string of the molecule is COc1cc(N2CCCc3cc(N4CCN(C(C)=O)CC4)c(C#N)cc32)c2cc(C)c(=O)n(C)c2c1. The third-order valence-corrected chi connectivity index (χ3v) is 7.50. The number of carbonyl (C=O) groups excluding carboxylic acids is 1. The summed E-state index contributed by atoms with van der Waals surface area (Å²) in [6.45, 7) is 7.00. The summed E-state index contributed by atoms with van der Waals surface area (Å²) in [5.41, 5.74) is 6.23. The number of aromatic nitrogens is 1.